The molecule has 3 N–H and O–H groups in total. The number of benzene rings is 6. The van der Waals surface area contributed by atoms with E-state index in [4.69, 9.17) is 23.9 Å². The first-order valence-electron chi connectivity index (χ1n) is 22.2. The molecule has 1 aliphatic heterocycles. The van der Waals surface area contributed by atoms with E-state index >= 15 is 0 Å². The summed E-state index contributed by atoms with van der Waals surface area (Å²) in [6.45, 7) is 3.89. The standard InChI is InChI=1S/C54H52N4O7S/c1-5-45(59)46-34-44(35(2)65-54(39-22-14-8-15-23-39,40-24-16-9-17-25-40)41-28-32-43(63-4)33-29-41)50(64-46)58-48-47(66-52(58)61)49(60)56-51(55-48)57-53(36-18-10-6-11-19-36,37-20-12-7-13-21-37)38-26-30-42(62-3)31-27-38/h6-33,35,44-46,50,59H,5,34H2,1-4H3,(H2,55,56,57,60)/t35-,44+,45+,46+,50-/m1/s1. The summed E-state index contributed by atoms with van der Waals surface area (Å²) in [7, 11) is 3.26. The van der Waals surface area contributed by atoms with Gasteiger partial charge in [0.1, 0.15) is 33.6 Å². The SMILES string of the molecule is CC[C@H](O)[C@@H]1C[C@@H]([C@@H](C)OC(c2ccccc2)(c2ccccc2)c2ccc(OC)cc2)[C@H](n2c(=O)sc3c(=O)[nH]c(NC(c4ccccc4)(c4ccccc4)c4ccc(OC)cc4)nc32)O1. The van der Waals surface area contributed by atoms with Crippen molar-refractivity contribution in [2.75, 3.05) is 19.5 Å². The number of thiazole rings is 1. The first kappa shape index (κ1) is 44.4. The van der Waals surface area contributed by atoms with Gasteiger partial charge in [-0.25, -0.2) is 0 Å². The van der Waals surface area contributed by atoms with Gasteiger partial charge in [-0.15, -0.1) is 0 Å². The van der Waals surface area contributed by atoms with E-state index in [1.165, 1.54) is 4.57 Å². The molecule has 11 nitrogen and oxygen atoms in total. The summed E-state index contributed by atoms with van der Waals surface area (Å²) < 4.78 is 27.1. The highest BCUT2D eigenvalue weighted by molar-refractivity contribution is 7.16. The van der Waals surface area contributed by atoms with E-state index in [2.05, 4.69) is 34.6 Å². The van der Waals surface area contributed by atoms with Crippen molar-refractivity contribution in [3.63, 3.8) is 0 Å². The van der Waals surface area contributed by atoms with E-state index in [9.17, 15) is 14.7 Å². The average Bonchev–Trinajstić information content (AvgIpc) is 3.96. The number of ether oxygens (including phenoxy) is 4. The van der Waals surface area contributed by atoms with Crippen LogP contribution >= 0.6 is 11.3 Å². The number of nitrogens with one attached hydrogen (secondary N) is 2. The van der Waals surface area contributed by atoms with Crippen LogP contribution in [0.2, 0.25) is 0 Å². The fraction of sp³-hybridized carbons (Fsp3) is 0.241. The molecule has 0 aliphatic carbocycles. The topological polar surface area (TPSA) is 137 Å². The Hall–Kier alpha value is -6.83. The van der Waals surface area contributed by atoms with Gasteiger partial charge in [0.25, 0.3) is 5.56 Å². The van der Waals surface area contributed by atoms with E-state index in [-0.39, 0.29) is 16.3 Å². The van der Waals surface area contributed by atoms with Crippen LogP contribution < -0.4 is 25.2 Å². The number of methoxy groups -OCH3 is 2. The van der Waals surface area contributed by atoms with Crippen molar-refractivity contribution in [3.8, 4) is 11.5 Å². The largest absolute Gasteiger partial charge is 0.497 e. The number of H-pyrrole nitrogens is 1. The number of aromatic amines is 1. The zero-order valence-electron chi connectivity index (χ0n) is 37.2. The van der Waals surface area contributed by atoms with Gasteiger partial charge in [0.05, 0.1) is 32.5 Å². The zero-order valence-corrected chi connectivity index (χ0v) is 38.0. The Kier molecular flexibility index (Phi) is 12.7. The molecule has 0 unspecified atom stereocenters. The number of nitrogens with zero attached hydrogens (tertiary/aromatic N) is 2. The molecule has 66 heavy (non-hydrogen) atoms. The Morgan fingerprint density at radius 2 is 1.18 bits per heavy atom. The lowest BCUT2D eigenvalue weighted by Gasteiger charge is -2.40. The van der Waals surface area contributed by atoms with E-state index in [1.807, 2.05) is 159 Å². The van der Waals surface area contributed by atoms with Gasteiger partial charge in [0.2, 0.25) is 5.95 Å². The first-order valence-corrected chi connectivity index (χ1v) is 23.0. The molecule has 0 saturated carbocycles. The molecule has 336 valence electrons. The molecular weight excluding hydrogens is 849 g/mol. The average molecular weight is 901 g/mol. The highest BCUT2D eigenvalue weighted by atomic mass is 32.1. The molecular formula is C54H52N4O7S. The molecule has 1 saturated heterocycles. The molecule has 8 aromatic rings. The van der Waals surface area contributed by atoms with Gasteiger partial charge < -0.3 is 29.4 Å². The number of fused-ring (bicyclic) bond motifs is 1. The summed E-state index contributed by atoms with van der Waals surface area (Å²) in [5, 5.41) is 15.1. The minimum absolute atomic E-state index is 0.137. The molecule has 1 fully saturated rings. The molecule has 12 heteroatoms. The second-order valence-electron chi connectivity index (χ2n) is 16.5. The van der Waals surface area contributed by atoms with Gasteiger partial charge in [0.15, 0.2) is 5.65 Å². The maximum absolute atomic E-state index is 14.5. The van der Waals surface area contributed by atoms with Gasteiger partial charge in [-0.1, -0.05) is 164 Å². The predicted octanol–water partition coefficient (Wildman–Crippen LogP) is 9.64. The monoisotopic (exact) mass is 900 g/mol. The fourth-order valence-electron chi connectivity index (χ4n) is 9.47. The summed E-state index contributed by atoms with van der Waals surface area (Å²) in [5.41, 5.74) is 2.74. The molecule has 0 amide bonds. The van der Waals surface area contributed by atoms with E-state index < -0.39 is 52.0 Å². The quantitative estimate of drug-likeness (QED) is 0.0810. The minimum Gasteiger partial charge on any atom is -0.497 e. The van der Waals surface area contributed by atoms with E-state index in [0.717, 1.165) is 44.7 Å². The van der Waals surface area contributed by atoms with Crippen molar-refractivity contribution >= 4 is 27.6 Å². The van der Waals surface area contributed by atoms with Crippen molar-refractivity contribution in [3.05, 3.63) is 223 Å². The Morgan fingerprint density at radius 3 is 1.67 bits per heavy atom. The third-order valence-corrected chi connectivity index (χ3v) is 13.8. The van der Waals surface area contributed by atoms with Crippen LogP contribution in [0.1, 0.15) is 66.3 Å². The van der Waals surface area contributed by atoms with Crippen LogP contribution in [0.3, 0.4) is 0 Å². The van der Waals surface area contributed by atoms with Crippen molar-refractivity contribution < 1.29 is 24.1 Å². The van der Waals surface area contributed by atoms with Crippen molar-refractivity contribution in [2.45, 2.75) is 62.4 Å². The summed E-state index contributed by atoms with van der Waals surface area (Å²) in [6, 6.07) is 55.6. The summed E-state index contributed by atoms with van der Waals surface area (Å²) in [6.07, 6.45) is -2.24. The van der Waals surface area contributed by atoms with Gasteiger partial charge in [-0.2, -0.15) is 4.98 Å². The highest BCUT2D eigenvalue weighted by Crippen LogP contribution is 2.47. The van der Waals surface area contributed by atoms with Crippen molar-refractivity contribution in [2.24, 2.45) is 5.92 Å². The van der Waals surface area contributed by atoms with Crippen LogP contribution in [0.15, 0.2) is 179 Å². The lowest BCUT2D eigenvalue weighted by atomic mass is 9.77. The molecule has 5 atom stereocenters. The molecule has 0 bridgehead atoms. The summed E-state index contributed by atoms with van der Waals surface area (Å²) >= 11 is 0.813. The van der Waals surface area contributed by atoms with Crippen LogP contribution in [0.25, 0.3) is 10.3 Å². The number of anilines is 1. The Morgan fingerprint density at radius 1 is 0.727 bits per heavy atom. The van der Waals surface area contributed by atoms with E-state index in [1.54, 1.807) is 14.2 Å². The predicted molar refractivity (Wildman–Crippen MR) is 259 cm³/mol. The minimum atomic E-state index is -1.13. The second kappa shape index (κ2) is 18.9. The number of rotatable bonds is 16. The fourth-order valence-corrected chi connectivity index (χ4v) is 10.3. The van der Waals surface area contributed by atoms with Gasteiger partial charge in [-0.05, 0) is 77.4 Å². The molecule has 0 spiro atoms. The van der Waals surface area contributed by atoms with Crippen LogP contribution in [-0.4, -0.2) is 52.2 Å². The number of hydrogen-bond donors (Lipinski definition) is 3. The Bertz CT molecular complexity index is 2900. The Labute approximate surface area is 387 Å². The summed E-state index contributed by atoms with van der Waals surface area (Å²) in [5.74, 6) is 1.03. The normalized spacial score (nSPS) is 17.3. The number of aliphatic hydroxyl groups excluding tert-OH is 1. The van der Waals surface area contributed by atoms with Crippen LogP contribution in [0.5, 0.6) is 11.5 Å². The van der Waals surface area contributed by atoms with Gasteiger partial charge in [-0.3, -0.25) is 19.1 Å². The van der Waals surface area contributed by atoms with Crippen LogP contribution in [-0.2, 0) is 20.6 Å². The lowest BCUT2D eigenvalue weighted by molar-refractivity contribution is -0.104. The summed E-state index contributed by atoms with van der Waals surface area (Å²) in [4.78, 5) is 36.4. The third-order valence-electron chi connectivity index (χ3n) is 12.8. The Balaban J connectivity index is 1.19. The molecule has 1 aliphatic rings. The van der Waals surface area contributed by atoms with Gasteiger partial charge >= 0.3 is 4.87 Å². The molecule has 6 aromatic carbocycles. The number of aromatic nitrogens is 3. The van der Waals surface area contributed by atoms with Crippen molar-refractivity contribution in [1.82, 2.24) is 14.5 Å². The third kappa shape index (κ3) is 8.11. The van der Waals surface area contributed by atoms with Crippen LogP contribution in [0.4, 0.5) is 5.95 Å². The zero-order chi connectivity index (χ0) is 45.8. The number of hydrogen-bond acceptors (Lipinski definition) is 10. The smallest absolute Gasteiger partial charge is 0.311 e. The van der Waals surface area contributed by atoms with Crippen LogP contribution in [0, 0.1) is 5.92 Å². The lowest BCUT2D eigenvalue weighted by Crippen LogP contribution is -2.40. The van der Waals surface area contributed by atoms with Gasteiger partial charge in [0, 0.05) is 5.92 Å². The molecule has 9 rings (SSSR count). The molecule has 3 heterocycles. The maximum atomic E-state index is 14.5. The molecule has 2 aromatic heterocycles. The maximum Gasteiger partial charge on any atom is 0.311 e. The highest BCUT2D eigenvalue weighted by Gasteiger charge is 2.48. The number of aliphatic hydroxyl groups is 1. The second-order valence-corrected chi connectivity index (χ2v) is 17.5. The van der Waals surface area contributed by atoms with E-state index in [0.29, 0.717) is 24.3 Å². The first-order chi connectivity index (χ1) is 32.2. The van der Waals surface area contributed by atoms with Crippen molar-refractivity contribution in [1.29, 1.82) is 0 Å². The molecule has 0 radical (unpaired) electrons.